The number of aromatic hydroxyl groups is 2. The van der Waals surface area contributed by atoms with Gasteiger partial charge in [-0.3, -0.25) is 0 Å². The third kappa shape index (κ3) is 3.33. The largest absolute Gasteiger partial charge is 0.573 e. The van der Waals surface area contributed by atoms with Gasteiger partial charge in [-0.2, -0.15) is 0 Å². The van der Waals surface area contributed by atoms with Crippen LogP contribution in [0, 0.1) is 0 Å². The number of phenolic OH excluding ortho intramolecular Hbond substituents is 2. The van der Waals surface area contributed by atoms with Gasteiger partial charge >= 0.3 is 12.7 Å². The van der Waals surface area contributed by atoms with E-state index in [1.807, 2.05) is 0 Å². The number of benzene rings is 1. The maximum absolute atomic E-state index is 12.0. The summed E-state index contributed by atoms with van der Waals surface area (Å²) in [5, 5.41) is 18.5. The van der Waals surface area contributed by atoms with Crippen molar-refractivity contribution in [1.82, 2.24) is 0 Å². The molecule has 0 aromatic heterocycles. The van der Waals surface area contributed by atoms with Gasteiger partial charge in [0.1, 0.15) is 11.4 Å². The predicted octanol–water partition coefficient (Wildman–Crippen LogP) is 2.06. The van der Waals surface area contributed by atoms with E-state index >= 15 is 0 Å². The molecule has 0 aliphatic carbocycles. The molecule has 0 unspecified atom stereocenters. The Morgan fingerprint density at radius 3 is 1.30 bits per heavy atom. The molecule has 12 heteroatoms. The van der Waals surface area contributed by atoms with Gasteiger partial charge in [0, 0.05) is 0 Å². The summed E-state index contributed by atoms with van der Waals surface area (Å²) in [4.78, 5) is 0. The normalized spacial score (nSPS) is 12.3. The van der Waals surface area contributed by atoms with E-state index in [0.717, 1.165) is 0 Å². The van der Waals surface area contributed by atoms with Gasteiger partial charge in [0.05, 0.1) is 0 Å². The van der Waals surface area contributed by atoms with Crippen molar-refractivity contribution in [1.29, 1.82) is 0 Å². The number of anilines is 2. The van der Waals surface area contributed by atoms with Crippen molar-refractivity contribution in [2.24, 2.45) is 0 Å². The molecule has 1 aromatic carbocycles. The maximum Gasteiger partial charge on any atom is 0.573 e. The molecule has 114 valence electrons. The minimum Gasteiger partial charge on any atom is -0.503 e. The van der Waals surface area contributed by atoms with Crippen molar-refractivity contribution in [3.8, 4) is 23.0 Å². The van der Waals surface area contributed by atoms with Gasteiger partial charge in [0.2, 0.25) is 5.75 Å². The molecule has 0 amide bonds. The van der Waals surface area contributed by atoms with Gasteiger partial charge in [-0.15, -0.1) is 26.3 Å². The van der Waals surface area contributed by atoms with Gasteiger partial charge in [-0.05, 0) is 0 Å². The Morgan fingerprint density at radius 2 is 1.00 bits per heavy atom. The van der Waals surface area contributed by atoms with E-state index in [9.17, 15) is 36.6 Å². The summed E-state index contributed by atoms with van der Waals surface area (Å²) in [7, 11) is 0. The van der Waals surface area contributed by atoms with E-state index < -0.39 is 47.1 Å². The molecule has 0 bridgehead atoms. The molecule has 20 heavy (non-hydrogen) atoms. The molecule has 0 aliphatic rings. The maximum atomic E-state index is 12.0. The molecule has 0 spiro atoms. The zero-order valence-corrected chi connectivity index (χ0v) is 9.13. The van der Waals surface area contributed by atoms with Crippen LogP contribution in [0.2, 0.25) is 0 Å². The van der Waals surface area contributed by atoms with E-state index in [4.69, 9.17) is 11.5 Å². The summed E-state index contributed by atoms with van der Waals surface area (Å²) in [5.74, 6) is -6.29. The smallest absolute Gasteiger partial charge is 0.503 e. The topological polar surface area (TPSA) is 111 Å². The monoisotopic (exact) mass is 308 g/mol. The first-order chi connectivity index (χ1) is 8.83. The number of ether oxygens (including phenoxy) is 2. The Hall–Kier alpha value is -2.40. The van der Waals surface area contributed by atoms with Crippen LogP contribution in [0.4, 0.5) is 37.7 Å². The second-order valence-corrected chi connectivity index (χ2v) is 3.28. The molecule has 1 rings (SSSR count). The second kappa shape index (κ2) is 4.61. The van der Waals surface area contributed by atoms with Crippen LogP contribution in [0.1, 0.15) is 0 Å². The molecule has 0 atom stereocenters. The number of hydrogen-bond donors (Lipinski definition) is 4. The molecular weight excluding hydrogens is 302 g/mol. The first kappa shape index (κ1) is 15.7. The Morgan fingerprint density at radius 1 is 0.700 bits per heavy atom. The Labute approximate surface area is 106 Å². The van der Waals surface area contributed by atoms with Crippen molar-refractivity contribution >= 4 is 11.4 Å². The van der Waals surface area contributed by atoms with Crippen LogP contribution in [0.25, 0.3) is 0 Å². The lowest BCUT2D eigenvalue weighted by atomic mass is 10.2. The van der Waals surface area contributed by atoms with Crippen LogP contribution >= 0.6 is 0 Å². The number of alkyl halides is 6. The van der Waals surface area contributed by atoms with Crippen LogP contribution in [0.15, 0.2) is 0 Å². The molecule has 0 fully saturated rings. The van der Waals surface area contributed by atoms with Crippen molar-refractivity contribution in [3.05, 3.63) is 0 Å². The predicted molar refractivity (Wildman–Crippen MR) is 52.0 cm³/mol. The van der Waals surface area contributed by atoms with Crippen molar-refractivity contribution in [3.63, 3.8) is 0 Å². The average molecular weight is 308 g/mol. The molecule has 6 nitrogen and oxygen atoms in total. The zero-order chi connectivity index (χ0) is 15.9. The highest BCUT2D eigenvalue weighted by Gasteiger charge is 2.39. The lowest BCUT2D eigenvalue weighted by molar-refractivity contribution is -0.277. The third-order valence-corrected chi connectivity index (χ3v) is 1.87. The van der Waals surface area contributed by atoms with Gasteiger partial charge < -0.3 is 31.2 Å². The number of phenols is 2. The highest BCUT2D eigenvalue weighted by Crippen LogP contribution is 2.53. The Kier molecular flexibility index (Phi) is 3.61. The Bertz CT molecular complexity index is 451. The van der Waals surface area contributed by atoms with Crippen LogP contribution in [0.5, 0.6) is 23.0 Å². The van der Waals surface area contributed by atoms with Crippen LogP contribution in [0.3, 0.4) is 0 Å². The molecule has 0 saturated carbocycles. The molecule has 0 saturated heterocycles. The summed E-state index contributed by atoms with van der Waals surface area (Å²) in [6.45, 7) is 0. The van der Waals surface area contributed by atoms with E-state index in [1.54, 1.807) is 0 Å². The summed E-state index contributed by atoms with van der Waals surface area (Å²) < 4.78 is 78.6. The van der Waals surface area contributed by atoms with Gasteiger partial charge in [-0.1, -0.05) is 0 Å². The first-order valence-corrected chi connectivity index (χ1v) is 4.47. The van der Waals surface area contributed by atoms with Crippen LogP contribution in [-0.2, 0) is 0 Å². The van der Waals surface area contributed by atoms with Crippen molar-refractivity contribution < 1.29 is 46.0 Å². The zero-order valence-electron chi connectivity index (χ0n) is 9.13. The standard InChI is InChI=1S/C8H6F6N2O4/c9-7(10,11)19-5-1(15)3(17)6(4(18)2(5)16)20-8(12,13)14/h17-18H,15-16H2. The second-order valence-electron chi connectivity index (χ2n) is 3.28. The fourth-order valence-electron chi connectivity index (χ4n) is 1.16. The van der Waals surface area contributed by atoms with Gasteiger partial charge in [-0.25, -0.2) is 0 Å². The van der Waals surface area contributed by atoms with E-state index in [2.05, 4.69) is 9.47 Å². The SMILES string of the molecule is Nc1c(O)c(OC(F)(F)F)c(O)c(N)c1OC(F)(F)F. The van der Waals surface area contributed by atoms with E-state index in [0.29, 0.717) is 0 Å². The van der Waals surface area contributed by atoms with E-state index in [-0.39, 0.29) is 0 Å². The van der Waals surface area contributed by atoms with E-state index in [1.165, 1.54) is 0 Å². The molecule has 0 radical (unpaired) electrons. The number of halogens is 6. The molecule has 0 aliphatic heterocycles. The first-order valence-electron chi connectivity index (χ1n) is 4.47. The number of rotatable bonds is 2. The van der Waals surface area contributed by atoms with Gasteiger partial charge in [0.15, 0.2) is 17.2 Å². The molecular formula is C8H6F6N2O4. The average Bonchev–Trinajstić information content (AvgIpc) is 2.25. The highest BCUT2D eigenvalue weighted by atomic mass is 19.4. The lowest BCUT2D eigenvalue weighted by Gasteiger charge is -2.19. The fraction of sp³-hybridized carbons (Fsp3) is 0.250. The van der Waals surface area contributed by atoms with Crippen LogP contribution < -0.4 is 20.9 Å². The summed E-state index contributed by atoms with van der Waals surface area (Å²) in [6, 6.07) is 0. The summed E-state index contributed by atoms with van der Waals surface area (Å²) in [5.41, 5.74) is 7.37. The third-order valence-electron chi connectivity index (χ3n) is 1.87. The molecule has 0 heterocycles. The van der Waals surface area contributed by atoms with Gasteiger partial charge in [0.25, 0.3) is 0 Å². The van der Waals surface area contributed by atoms with Crippen molar-refractivity contribution in [2.75, 3.05) is 11.5 Å². The highest BCUT2D eigenvalue weighted by molar-refractivity contribution is 5.83. The number of nitrogen functional groups attached to an aromatic ring is 2. The lowest BCUT2D eigenvalue weighted by Crippen LogP contribution is -2.20. The molecule has 1 aromatic rings. The fourth-order valence-corrected chi connectivity index (χ4v) is 1.16. The van der Waals surface area contributed by atoms with Crippen LogP contribution in [-0.4, -0.2) is 22.9 Å². The minimum absolute atomic E-state index is 1.28. The summed E-state index contributed by atoms with van der Waals surface area (Å²) >= 11 is 0. The minimum atomic E-state index is -5.35. The Balaban J connectivity index is 3.42. The summed E-state index contributed by atoms with van der Waals surface area (Å²) in [6.07, 6.45) is -10.6. The number of nitrogens with two attached hydrogens (primary N) is 2. The quantitative estimate of drug-likeness (QED) is 0.288. The number of hydrogen-bond acceptors (Lipinski definition) is 6. The molecule has 6 N–H and O–H groups in total. The van der Waals surface area contributed by atoms with Crippen molar-refractivity contribution in [2.45, 2.75) is 12.7 Å².